The highest BCUT2D eigenvalue weighted by Gasteiger charge is 2.50. The molecule has 20 nitrogen and oxygen atoms in total. The molecule has 0 saturated carbocycles. The number of rotatable bonds is 25. The Morgan fingerprint density at radius 3 is 2.38 bits per heavy atom. The Morgan fingerprint density at radius 2 is 1.73 bits per heavy atom. The van der Waals surface area contributed by atoms with Gasteiger partial charge in [0.25, 0.3) is 0 Å². The molecule has 2 aromatic heterocycles. The van der Waals surface area contributed by atoms with Crippen LogP contribution in [-0.2, 0) is 44.8 Å². The molecule has 8 N–H and O–H groups in total. The SMILES string of the molecule is CCCC(I)(CC(C)C)C1CC(=O)N(CCC(=O)N[C@H](C(=O)N[C@@H](C)C(=O)Nc2ccc(COC(=O)N(C)CC(=O)N[C@@H]3[C@@H](O)[C@@H](O)[C@@H](Nc4ccnc5cc(C(C)CCC=P)[nH]c45)O[C@H]3C)cc2)C(C)C)C1=O. The fourth-order valence-electron chi connectivity index (χ4n) is 9.36. The summed E-state index contributed by atoms with van der Waals surface area (Å²) >= 11 is 2.35. The number of hydrogen-bond donors (Lipinski definition) is 8. The van der Waals surface area contributed by atoms with Gasteiger partial charge >= 0.3 is 6.09 Å². The number of alkyl halides is 1. The van der Waals surface area contributed by atoms with Crippen LogP contribution in [0.2, 0.25) is 0 Å². The lowest BCUT2D eigenvalue weighted by molar-refractivity contribution is -0.172. The first kappa shape index (κ1) is 59.7. The number of likely N-dealkylation sites (N-methyl/N-ethyl adjacent to an activating group) is 1. The van der Waals surface area contributed by atoms with Gasteiger partial charge in [0.15, 0.2) is 6.23 Å². The second kappa shape index (κ2) is 27.0. The first-order valence-electron chi connectivity index (χ1n) is 25.4. The Kier molecular flexibility index (Phi) is 21.8. The number of amides is 7. The summed E-state index contributed by atoms with van der Waals surface area (Å²) in [6.45, 7) is 14.3. The zero-order valence-electron chi connectivity index (χ0n) is 43.8. The van der Waals surface area contributed by atoms with Gasteiger partial charge < -0.3 is 56.2 Å². The molecule has 3 aromatic rings. The van der Waals surface area contributed by atoms with E-state index in [1.165, 1.54) is 18.9 Å². The third-order valence-corrected chi connectivity index (χ3v) is 15.5. The molecule has 1 aromatic carbocycles. The molecule has 5 rings (SSSR count). The van der Waals surface area contributed by atoms with Gasteiger partial charge in [-0.25, -0.2) is 4.79 Å². The van der Waals surface area contributed by atoms with Gasteiger partial charge in [-0.15, -0.1) is 8.86 Å². The molecule has 0 bridgehead atoms. The van der Waals surface area contributed by atoms with Crippen LogP contribution < -0.4 is 26.6 Å². The molecular formula is C52H75IN9O11P. The van der Waals surface area contributed by atoms with E-state index in [-0.39, 0.29) is 53.1 Å². The fraction of sp³-hybridized carbons (Fsp3) is 0.596. The van der Waals surface area contributed by atoms with E-state index in [9.17, 15) is 43.8 Å². The highest BCUT2D eigenvalue weighted by Crippen LogP contribution is 2.44. The second-order valence-electron chi connectivity index (χ2n) is 20.4. The Hall–Kier alpha value is -5.22. The maximum Gasteiger partial charge on any atom is 0.410 e. The van der Waals surface area contributed by atoms with E-state index in [4.69, 9.17) is 9.47 Å². The summed E-state index contributed by atoms with van der Waals surface area (Å²) in [7, 11) is 4.78. The quantitative estimate of drug-likeness (QED) is 0.0229. The summed E-state index contributed by atoms with van der Waals surface area (Å²) in [5.41, 5.74) is 4.05. The number of ether oxygens (including phenoxy) is 2. The number of hydrogen-bond acceptors (Lipinski definition) is 13. The van der Waals surface area contributed by atoms with E-state index in [0.29, 0.717) is 22.9 Å². The van der Waals surface area contributed by atoms with Crippen LogP contribution in [-0.4, -0.2) is 144 Å². The number of benzene rings is 1. The molecule has 2 aliphatic rings. The van der Waals surface area contributed by atoms with Crippen molar-refractivity contribution in [2.75, 3.05) is 30.8 Å². The molecule has 0 spiro atoms. The Bertz CT molecular complexity index is 2480. The minimum absolute atomic E-state index is 0.0933. The number of H-pyrrole nitrogens is 1. The van der Waals surface area contributed by atoms with Gasteiger partial charge in [-0.2, -0.15) is 0 Å². The summed E-state index contributed by atoms with van der Waals surface area (Å²) in [5.74, 6) is -1.10. The summed E-state index contributed by atoms with van der Waals surface area (Å²) < 4.78 is 11.1. The number of nitrogens with zero attached hydrogens (tertiary/aromatic N) is 3. The Morgan fingerprint density at radius 1 is 1.03 bits per heavy atom. The molecule has 2 aliphatic heterocycles. The summed E-state index contributed by atoms with van der Waals surface area (Å²) in [4.78, 5) is 102. The lowest BCUT2D eigenvalue weighted by Crippen LogP contribution is -2.64. The van der Waals surface area contributed by atoms with Crippen molar-refractivity contribution in [1.82, 2.24) is 35.7 Å². The highest BCUT2D eigenvalue weighted by atomic mass is 127. The van der Waals surface area contributed by atoms with Gasteiger partial charge in [-0.3, -0.25) is 38.7 Å². The number of likely N-dealkylation sites (tertiary alicyclic amines) is 1. The lowest BCUT2D eigenvalue weighted by atomic mass is 9.81. The van der Waals surface area contributed by atoms with Crippen molar-refractivity contribution in [3.05, 3.63) is 53.9 Å². The van der Waals surface area contributed by atoms with Crippen LogP contribution in [0.3, 0.4) is 0 Å². The summed E-state index contributed by atoms with van der Waals surface area (Å²) in [6, 6.07) is 7.15. The molecule has 0 radical (unpaired) electrons. The maximum absolute atomic E-state index is 13.5. The van der Waals surface area contributed by atoms with Gasteiger partial charge in [-0.1, -0.05) is 88.5 Å². The number of imide groups is 1. The summed E-state index contributed by atoms with van der Waals surface area (Å²) in [6.07, 6.45) is 0.438. The normalized spacial score (nSPS) is 21.9. The van der Waals surface area contributed by atoms with E-state index in [1.807, 2.05) is 11.9 Å². The largest absolute Gasteiger partial charge is 0.445 e. The van der Waals surface area contributed by atoms with Crippen LogP contribution in [0.25, 0.3) is 11.0 Å². The number of halogens is 1. The number of fused-ring (bicyclic) bond motifs is 1. The number of aliphatic hydroxyl groups excluding tert-OH is 2. The number of anilines is 2. The number of pyridine rings is 1. The molecule has 406 valence electrons. The van der Waals surface area contributed by atoms with Gasteiger partial charge in [-0.05, 0) is 87.1 Å². The number of carbonyl (C=O) groups excluding carboxylic acids is 7. The van der Waals surface area contributed by atoms with Crippen molar-refractivity contribution in [2.24, 2.45) is 17.8 Å². The lowest BCUT2D eigenvalue weighted by Gasteiger charge is -2.42. The van der Waals surface area contributed by atoms with Gasteiger partial charge in [0.2, 0.25) is 35.4 Å². The number of carbonyl (C=O) groups is 7. The van der Waals surface area contributed by atoms with Crippen LogP contribution >= 0.6 is 31.5 Å². The molecule has 0 aliphatic carbocycles. The number of nitrogens with one attached hydrogen (secondary N) is 6. The maximum atomic E-state index is 13.5. The Labute approximate surface area is 449 Å². The molecule has 4 heterocycles. The fourth-order valence-corrected chi connectivity index (χ4v) is 11.4. The van der Waals surface area contributed by atoms with Crippen molar-refractivity contribution in [1.29, 1.82) is 0 Å². The minimum atomic E-state index is -1.43. The van der Waals surface area contributed by atoms with Gasteiger partial charge in [0, 0.05) is 47.4 Å². The Balaban J connectivity index is 1.03. The van der Waals surface area contributed by atoms with Crippen molar-refractivity contribution >= 4 is 101 Å². The van der Waals surface area contributed by atoms with Crippen molar-refractivity contribution < 1.29 is 53.2 Å². The number of aromatic amines is 1. The molecule has 3 unspecified atom stereocenters. The average Bonchev–Trinajstić information content (AvgIpc) is 3.92. The standard InChI is InChI=1S/C52H75IN9O11P/c1-10-19-52(53,25-28(2)3)35-23-41(65)62(50(35)70)21-18-39(63)59-42(29(4)5)48(69)55-31(7)47(68)56-34-15-13-33(14-16-34)27-72-51(71)61(9)26-40(64)60-43-32(8)73-49(46(67)45(43)66)58-36-17-20-54-38-24-37(57-44(36)38)30(6)12-11-22-74/h13-17,20,22,24,28-32,35,42-43,45-46,49,57,66-67,74H,10-12,18-19,21,23,25-27H2,1-9H3,(H,54,58)(H,55,69)(H,56,68)(H,59,63)(H,60,64)/t30?,31-,32-,35?,42-,43-,45+,46+,49-,52?/m0/s1. The monoisotopic (exact) mass is 1160 g/mol. The van der Waals surface area contributed by atoms with Crippen molar-refractivity contribution in [2.45, 2.75) is 159 Å². The van der Waals surface area contributed by atoms with Crippen LogP contribution in [0, 0.1) is 17.8 Å². The van der Waals surface area contributed by atoms with Crippen LogP contribution in [0.4, 0.5) is 16.2 Å². The highest BCUT2D eigenvalue weighted by molar-refractivity contribution is 14.1. The van der Waals surface area contributed by atoms with Crippen LogP contribution in [0.5, 0.6) is 0 Å². The predicted octanol–water partition coefficient (Wildman–Crippen LogP) is 5.39. The molecule has 74 heavy (non-hydrogen) atoms. The van der Waals surface area contributed by atoms with Crippen molar-refractivity contribution in [3.8, 4) is 0 Å². The third-order valence-electron chi connectivity index (χ3n) is 13.5. The molecular weight excluding hydrogens is 1080 g/mol. The topological polar surface area (TPSA) is 274 Å². The molecule has 22 heteroatoms. The zero-order valence-corrected chi connectivity index (χ0v) is 47.0. The van der Waals surface area contributed by atoms with E-state index in [1.54, 1.807) is 57.3 Å². The smallest absolute Gasteiger partial charge is 0.410 e. The minimum Gasteiger partial charge on any atom is -0.445 e. The molecule has 7 amide bonds. The van der Waals surface area contributed by atoms with E-state index >= 15 is 0 Å². The number of aliphatic hydroxyl groups is 2. The van der Waals surface area contributed by atoms with Crippen LogP contribution in [0.1, 0.15) is 118 Å². The first-order chi connectivity index (χ1) is 35.0. The molecule has 2 saturated heterocycles. The predicted molar refractivity (Wildman–Crippen MR) is 293 cm³/mol. The second-order valence-corrected chi connectivity index (χ2v) is 23.0. The molecule has 2 fully saturated rings. The molecule has 10 atom stereocenters. The van der Waals surface area contributed by atoms with Gasteiger partial charge in [0.05, 0.1) is 34.8 Å². The zero-order chi connectivity index (χ0) is 54.6. The van der Waals surface area contributed by atoms with E-state index in [2.05, 4.69) is 95.7 Å². The summed E-state index contributed by atoms with van der Waals surface area (Å²) in [5, 5.41) is 36.2. The number of aromatic nitrogens is 2. The third kappa shape index (κ3) is 15.7. The van der Waals surface area contributed by atoms with E-state index < -0.39 is 84.8 Å². The first-order valence-corrected chi connectivity index (χ1v) is 27.1. The average molecular weight is 1160 g/mol. The van der Waals surface area contributed by atoms with E-state index in [0.717, 1.165) is 53.7 Å². The van der Waals surface area contributed by atoms with Gasteiger partial charge in [0.1, 0.15) is 37.4 Å². The van der Waals surface area contributed by atoms with Crippen LogP contribution in [0.15, 0.2) is 42.6 Å². The van der Waals surface area contributed by atoms with Crippen molar-refractivity contribution in [3.63, 3.8) is 0 Å².